The van der Waals surface area contributed by atoms with Crippen LogP contribution < -0.4 is 0 Å². The van der Waals surface area contributed by atoms with Crippen LogP contribution in [0.4, 0.5) is 0 Å². The maximum Gasteiger partial charge on any atom is 0.450 e. The van der Waals surface area contributed by atoms with Crippen molar-refractivity contribution in [2.24, 2.45) is 0 Å². The van der Waals surface area contributed by atoms with Crippen LogP contribution in [-0.4, -0.2) is 22.3 Å². The van der Waals surface area contributed by atoms with Gasteiger partial charge >= 0.3 is 6.17 Å². The Balaban J connectivity index is 3.88. The molecule has 0 fully saturated rings. The number of unbranched alkanes of at least 4 members (excludes halogenated alkanes) is 1. The molecule has 0 bridgehead atoms. The molecule has 0 spiro atoms. The van der Waals surface area contributed by atoms with Gasteiger partial charge < -0.3 is 4.79 Å². The van der Waals surface area contributed by atoms with Crippen LogP contribution in [0.2, 0.25) is 0 Å². The predicted molar refractivity (Wildman–Crippen MR) is 37.7 cm³/mol. The van der Waals surface area contributed by atoms with Crippen LogP contribution in [-0.2, 0) is 4.79 Å². The predicted octanol–water partition coefficient (Wildman–Crippen LogP) is 0.235. The van der Waals surface area contributed by atoms with E-state index in [1.807, 2.05) is 0 Å². The quantitative estimate of drug-likeness (QED) is 0.189. The molecule has 0 heterocycles. The first-order valence-corrected chi connectivity index (χ1v) is 3.30. The van der Waals surface area contributed by atoms with Crippen molar-refractivity contribution in [1.82, 2.24) is 0 Å². The minimum Gasteiger partial charge on any atom is -0.303 e. The lowest BCUT2D eigenvalue weighted by atomic mass is 10.2. The van der Waals surface area contributed by atoms with Gasteiger partial charge in [0.05, 0.1) is 16.3 Å². The second-order valence-electron chi connectivity index (χ2n) is 2.15. The highest BCUT2D eigenvalue weighted by Gasteiger charge is 2.30. The van der Waals surface area contributed by atoms with E-state index in [9.17, 15) is 25.0 Å². The van der Waals surface area contributed by atoms with E-state index in [0.29, 0.717) is 6.29 Å². The zero-order valence-corrected chi connectivity index (χ0v) is 6.21. The smallest absolute Gasteiger partial charge is 0.303 e. The molecule has 0 amide bonds. The summed E-state index contributed by atoms with van der Waals surface area (Å²) in [5, 5.41) is 20.0. The first-order chi connectivity index (χ1) is 5.59. The molecule has 0 rings (SSSR count). The third kappa shape index (κ3) is 3.59. The summed E-state index contributed by atoms with van der Waals surface area (Å²) < 4.78 is 0. The molecule has 0 aromatic heterocycles. The van der Waals surface area contributed by atoms with E-state index in [1.165, 1.54) is 0 Å². The molecular weight excluding hydrogens is 168 g/mol. The van der Waals surface area contributed by atoms with Crippen molar-refractivity contribution in [3.05, 3.63) is 20.2 Å². The van der Waals surface area contributed by atoms with Crippen molar-refractivity contribution < 1.29 is 14.6 Å². The SMILES string of the molecule is O=CCCCC([N+](=O)[O-])[N+](=O)[O-]. The number of hydrogen-bond acceptors (Lipinski definition) is 5. The molecule has 0 atom stereocenters. The molecule has 7 nitrogen and oxygen atoms in total. The van der Waals surface area contributed by atoms with Gasteiger partial charge in [0.15, 0.2) is 0 Å². The van der Waals surface area contributed by atoms with Gasteiger partial charge in [-0.15, -0.1) is 0 Å². The lowest BCUT2D eigenvalue weighted by molar-refractivity contribution is -0.743. The third-order valence-electron chi connectivity index (χ3n) is 1.27. The van der Waals surface area contributed by atoms with Gasteiger partial charge in [-0.1, -0.05) is 0 Å². The summed E-state index contributed by atoms with van der Waals surface area (Å²) in [5.41, 5.74) is 0. The molecule has 0 saturated carbocycles. The molecule has 7 heteroatoms. The van der Waals surface area contributed by atoms with E-state index in [4.69, 9.17) is 0 Å². The van der Waals surface area contributed by atoms with Crippen LogP contribution in [0.3, 0.4) is 0 Å². The topological polar surface area (TPSA) is 103 Å². The Hall–Kier alpha value is -1.53. The first kappa shape index (κ1) is 10.5. The fraction of sp³-hybridized carbons (Fsp3) is 0.800. The summed E-state index contributed by atoms with van der Waals surface area (Å²) in [4.78, 5) is 27.9. The van der Waals surface area contributed by atoms with E-state index in [2.05, 4.69) is 0 Å². The van der Waals surface area contributed by atoms with Crippen LogP contribution in [0, 0.1) is 20.2 Å². The van der Waals surface area contributed by atoms with E-state index in [-0.39, 0.29) is 19.3 Å². The lowest BCUT2D eigenvalue weighted by Gasteiger charge is -1.98. The zero-order valence-electron chi connectivity index (χ0n) is 6.21. The van der Waals surface area contributed by atoms with Gasteiger partial charge in [-0.2, -0.15) is 0 Å². The van der Waals surface area contributed by atoms with Crippen molar-refractivity contribution in [3.8, 4) is 0 Å². The molecule has 0 aromatic rings. The standard InChI is InChI=1S/C5H8N2O5/c8-4-2-1-3-5(6(9)10)7(11)12/h4-5H,1-3H2. The van der Waals surface area contributed by atoms with Gasteiger partial charge in [0.25, 0.3) is 0 Å². The highest BCUT2D eigenvalue weighted by molar-refractivity contribution is 5.48. The fourth-order valence-electron chi connectivity index (χ4n) is 0.672. The molecule has 0 radical (unpaired) electrons. The van der Waals surface area contributed by atoms with Gasteiger partial charge in [0.2, 0.25) is 0 Å². The number of rotatable bonds is 6. The Morgan fingerprint density at radius 1 is 1.25 bits per heavy atom. The normalized spacial score (nSPS) is 9.75. The monoisotopic (exact) mass is 176 g/mol. The molecule has 0 aliphatic rings. The average molecular weight is 176 g/mol. The Morgan fingerprint density at radius 3 is 2.08 bits per heavy atom. The van der Waals surface area contributed by atoms with Crippen LogP contribution in [0.1, 0.15) is 19.3 Å². The van der Waals surface area contributed by atoms with E-state index < -0.39 is 16.0 Å². The summed E-state index contributed by atoms with van der Waals surface area (Å²) >= 11 is 0. The van der Waals surface area contributed by atoms with Crippen molar-refractivity contribution in [1.29, 1.82) is 0 Å². The Kier molecular flexibility index (Phi) is 4.51. The van der Waals surface area contributed by atoms with Crippen molar-refractivity contribution >= 4 is 6.29 Å². The molecule has 0 unspecified atom stereocenters. The minimum atomic E-state index is -1.77. The summed E-state index contributed by atoms with van der Waals surface area (Å²) in [6, 6.07) is 0. The van der Waals surface area contributed by atoms with Gasteiger partial charge in [-0.25, -0.2) is 0 Å². The lowest BCUT2D eigenvalue weighted by Crippen LogP contribution is -2.28. The number of hydrogen-bond donors (Lipinski definition) is 0. The Morgan fingerprint density at radius 2 is 1.75 bits per heavy atom. The highest BCUT2D eigenvalue weighted by atomic mass is 16.7. The molecule has 0 aliphatic heterocycles. The number of carbonyl (C=O) groups is 1. The van der Waals surface area contributed by atoms with Crippen molar-refractivity contribution in [2.75, 3.05) is 0 Å². The number of nitro groups is 2. The molecule has 68 valence electrons. The van der Waals surface area contributed by atoms with Gasteiger partial charge in [-0.05, 0) is 6.42 Å². The van der Waals surface area contributed by atoms with Crippen molar-refractivity contribution in [2.45, 2.75) is 25.4 Å². The number of aldehydes is 1. The third-order valence-corrected chi connectivity index (χ3v) is 1.27. The molecule has 0 aliphatic carbocycles. The summed E-state index contributed by atoms with van der Waals surface area (Å²) in [6.45, 7) is 0. The van der Waals surface area contributed by atoms with Crippen LogP contribution >= 0.6 is 0 Å². The molecular formula is C5H8N2O5. The molecule has 0 saturated heterocycles. The zero-order chi connectivity index (χ0) is 9.56. The molecule has 12 heavy (non-hydrogen) atoms. The Bertz CT molecular complexity index is 178. The average Bonchev–Trinajstić information content (AvgIpc) is 1.96. The number of carbonyl (C=O) groups excluding carboxylic acids is 1. The first-order valence-electron chi connectivity index (χ1n) is 3.30. The minimum absolute atomic E-state index is 0.123. The number of nitrogens with zero attached hydrogens (tertiary/aromatic N) is 2. The van der Waals surface area contributed by atoms with E-state index in [0.717, 1.165) is 0 Å². The van der Waals surface area contributed by atoms with E-state index >= 15 is 0 Å². The largest absolute Gasteiger partial charge is 0.450 e. The Labute approximate surface area is 67.7 Å². The summed E-state index contributed by atoms with van der Waals surface area (Å²) in [6.07, 6.45) is -1.09. The van der Waals surface area contributed by atoms with Gasteiger partial charge in [-0.3, -0.25) is 20.2 Å². The van der Waals surface area contributed by atoms with Gasteiger partial charge in [0.1, 0.15) is 6.29 Å². The molecule has 0 aromatic carbocycles. The maximum atomic E-state index is 10.0. The second-order valence-corrected chi connectivity index (χ2v) is 2.15. The van der Waals surface area contributed by atoms with Gasteiger partial charge in [0, 0.05) is 6.42 Å². The van der Waals surface area contributed by atoms with Crippen LogP contribution in [0.15, 0.2) is 0 Å². The van der Waals surface area contributed by atoms with Crippen LogP contribution in [0.25, 0.3) is 0 Å². The van der Waals surface area contributed by atoms with E-state index in [1.54, 1.807) is 0 Å². The fourth-order valence-corrected chi connectivity index (χ4v) is 0.672. The summed E-state index contributed by atoms with van der Waals surface area (Å²) in [5.74, 6) is 0. The maximum absolute atomic E-state index is 10.0. The highest BCUT2D eigenvalue weighted by Crippen LogP contribution is 2.03. The van der Waals surface area contributed by atoms with Crippen LogP contribution in [0.5, 0.6) is 0 Å². The second kappa shape index (κ2) is 5.16. The molecule has 0 N–H and O–H groups in total. The van der Waals surface area contributed by atoms with Crippen molar-refractivity contribution in [3.63, 3.8) is 0 Å². The summed E-state index contributed by atoms with van der Waals surface area (Å²) in [7, 11) is 0.